The van der Waals surface area contributed by atoms with E-state index in [1.165, 1.54) is 6.20 Å². The Hall–Kier alpha value is -3.32. The molecule has 0 radical (unpaired) electrons. The lowest BCUT2D eigenvalue weighted by atomic mass is 10.2. The van der Waals surface area contributed by atoms with Crippen LogP contribution in [0.2, 0.25) is 0 Å². The van der Waals surface area contributed by atoms with Crippen LogP contribution in [0.25, 0.3) is 11.0 Å². The molecule has 28 heavy (non-hydrogen) atoms. The Morgan fingerprint density at radius 3 is 2.71 bits per heavy atom. The molecule has 0 atom stereocenters. The zero-order valence-corrected chi connectivity index (χ0v) is 16.4. The van der Waals surface area contributed by atoms with E-state index in [1.807, 2.05) is 30.3 Å². The molecule has 1 amide bonds. The number of nitrogens with zero attached hydrogens (tertiary/aromatic N) is 1. The Labute approximate surface area is 169 Å². The topological polar surface area (TPSA) is 73.6 Å². The van der Waals surface area contributed by atoms with Crippen molar-refractivity contribution in [3.05, 3.63) is 77.1 Å². The average molecular weight is 439 g/mol. The fourth-order valence-electron chi connectivity index (χ4n) is 2.62. The predicted molar refractivity (Wildman–Crippen MR) is 109 cm³/mol. The number of aromatic nitrogens is 1. The van der Waals surface area contributed by atoms with Crippen molar-refractivity contribution in [2.24, 2.45) is 0 Å². The summed E-state index contributed by atoms with van der Waals surface area (Å²) in [6.07, 6.45) is 1.52. The highest BCUT2D eigenvalue weighted by Gasteiger charge is 2.13. The van der Waals surface area contributed by atoms with E-state index >= 15 is 0 Å². The number of methoxy groups -OCH3 is 1. The number of hydrogen-bond donors (Lipinski definition) is 1. The number of rotatable bonds is 5. The normalized spacial score (nSPS) is 10.6. The van der Waals surface area contributed by atoms with Gasteiger partial charge in [-0.15, -0.1) is 0 Å². The molecular formula is C21H15BrN2O4. The summed E-state index contributed by atoms with van der Waals surface area (Å²) >= 11 is 3.40. The molecule has 0 bridgehead atoms. The fourth-order valence-corrected chi connectivity index (χ4v) is 3.00. The van der Waals surface area contributed by atoms with Crippen molar-refractivity contribution in [3.63, 3.8) is 0 Å². The highest BCUT2D eigenvalue weighted by molar-refractivity contribution is 9.10. The second-order valence-electron chi connectivity index (χ2n) is 5.91. The zero-order chi connectivity index (χ0) is 19.5. The minimum atomic E-state index is -0.351. The molecule has 6 nitrogen and oxygen atoms in total. The Morgan fingerprint density at radius 2 is 1.93 bits per heavy atom. The zero-order valence-electron chi connectivity index (χ0n) is 14.8. The number of carbonyl (C=O) groups is 1. The van der Waals surface area contributed by atoms with E-state index in [9.17, 15) is 4.79 Å². The summed E-state index contributed by atoms with van der Waals surface area (Å²) in [6.45, 7) is 0. The molecule has 0 saturated carbocycles. The van der Waals surface area contributed by atoms with Crippen LogP contribution in [0.4, 0.5) is 5.69 Å². The van der Waals surface area contributed by atoms with E-state index in [0.29, 0.717) is 28.6 Å². The molecule has 2 heterocycles. The molecule has 7 heteroatoms. The molecule has 2 aromatic heterocycles. The second-order valence-corrected chi connectivity index (χ2v) is 6.83. The summed E-state index contributed by atoms with van der Waals surface area (Å²) in [6, 6.07) is 17.9. The van der Waals surface area contributed by atoms with Crippen molar-refractivity contribution < 1.29 is 18.7 Å². The fraction of sp³-hybridized carbons (Fsp3) is 0.0476. The SMILES string of the molecule is COc1cccc(Oc2ccc(NC(=O)c3cc4cc(Br)ccc4o3)cn2)c1. The number of fused-ring (bicyclic) bond motifs is 1. The summed E-state index contributed by atoms with van der Waals surface area (Å²) in [5.74, 6) is 1.58. The Kier molecular flexibility index (Phi) is 4.99. The van der Waals surface area contributed by atoms with Gasteiger partial charge in [0.25, 0.3) is 5.91 Å². The van der Waals surface area contributed by atoms with Crippen molar-refractivity contribution in [2.75, 3.05) is 12.4 Å². The van der Waals surface area contributed by atoms with Gasteiger partial charge in [-0.2, -0.15) is 0 Å². The number of anilines is 1. The number of benzene rings is 2. The van der Waals surface area contributed by atoms with Crippen molar-refractivity contribution in [1.29, 1.82) is 0 Å². The van der Waals surface area contributed by atoms with Crippen LogP contribution in [-0.4, -0.2) is 18.0 Å². The van der Waals surface area contributed by atoms with Gasteiger partial charge < -0.3 is 19.2 Å². The van der Waals surface area contributed by atoms with E-state index in [1.54, 1.807) is 37.4 Å². The molecular weight excluding hydrogens is 424 g/mol. The standard InChI is InChI=1S/C21H15BrN2O4/c1-26-16-3-2-4-17(11-16)27-20-8-6-15(12-23-20)24-21(25)19-10-13-9-14(22)5-7-18(13)28-19/h2-12H,1H3,(H,24,25). The number of nitrogens with one attached hydrogen (secondary N) is 1. The summed E-state index contributed by atoms with van der Waals surface area (Å²) in [5.41, 5.74) is 1.18. The Bertz CT molecular complexity index is 1140. The summed E-state index contributed by atoms with van der Waals surface area (Å²) in [7, 11) is 1.59. The largest absolute Gasteiger partial charge is 0.497 e. The number of ether oxygens (including phenoxy) is 2. The number of furan rings is 1. The molecule has 140 valence electrons. The van der Waals surface area contributed by atoms with Crippen LogP contribution in [0.3, 0.4) is 0 Å². The highest BCUT2D eigenvalue weighted by Crippen LogP contribution is 2.26. The molecule has 0 aliphatic heterocycles. The number of halogens is 1. The first kappa shape index (κ1) is 18.1. The molecule has 2 aromatic carbocycles. The highest BCUT2D eigenvalue weighted by atomic mass is 79.9. The van der Waals surface area contributed by atoms with Gasteiger partial charge in [0.05, 0.1) is 19.0 Å². The summed E-state index contributed by atoms with van der Waals surface area (Å²) in [4.78, 5) is 16.6. The van der Waals surface area contributed by atoms with Gasteiger partial charge in [-0.25, -0.2) is 4.98 Å². The van der Waals surface area contributed by atoms with Crippen molar-refractivity contribution in [1.82, 2.24) is 4.98 Å². The Morgan fingerprint density at radius 1 is 1.07 bits per heavy atom. The third kappa shape index (κ3) is 3.99. The molecule has 1 N–H and O–H groups in total. The minimum absolute atomic E-state index is 0.227. The first-order valence-corrected chi connectivity index (χ1v) is 9.18. The lowest BCUT2D eigenvalue weighted by molar-refractivity contribution is 0.0998. The lowest BCUT2D eigenvalue weighted by Gasteiger charge is -2.07. The molecule has 0 saturated heterocycles. The van der Waals surface area contributed by atoms with Crippen molar-refractivity contribution in [2.45, 2.75) is 0 Å². The maximum atomic E-state index is 12.4. The van der Waals surface area contributed by atoms with E-state index in [-0.39, 0.29) is 11.7 Å². The number of amides is 1. The van der Waals surface area contributed by atoms with Crippen LogP contribution in [-0.2, 0) is 0 Å². The smallest absolute Gasteiger partial charge is 0.291 e. The molecule has 0 spiro atoms. The molecule has 0 aliphatic rings. The molecule has 4 aromatic rings. The molecule has 0 fully saturated rings. The maximum absolute atomic E-state index is 12.4. The summed E-state index contributed by atoms with van der Waals surface area (Å²) < 4.78 is 17.4. The molecule has 4 rings (SSSR count). The van der Waals surface area contributed by atoms with Crippen LogP contribution in [0.1, 0.15) is 10.6 Å². The minimum Gasteiger partial charge on any atom is -0.497 e. The van der Waals surface area contributed by atoms with Gasteiger partial charge in [-0.05, 0) is 42.5 Å². The van der Waals surface area contributed by atoms with Gasteiger partial charge in [0, 0.05) is 22.0 Å². The van der Waals surface area contributed by atoms with Crippen LogP contribution in [0.5, 0.6) is 17.4 Å². The predicted octanol–water partition coefficient (Wildman–Crippen LogP) is 5.64. The van der Waals surface area contributed by atoms with Gasteiger partial charge in [0.1, 0.15) is 17.1 Å². The quantitative estimate of drug-likeness (QED) is 0.436. The first-order chi connectivity index (χ1) is 13.6. The number of pyridine rings is 1. The third-order valence-corrected chi connectivity index (χ3v) is 4.45. The second kappa shape index (κ2) is 7.74. The van der Waals surface area contributed by atoms with Gasteiger partial charge in [0.15, 0.2) is 5.76 Å². The third-order valence-electron chi connectivity index (χ3n) is 3.96. The lowest BCUT2D eigenvalue weighted by Crippen LogP contribution is -2.10. The van der Waals surface area contributed by atoms with Crippen molar-refractivity contribution >= 4 is 38.5 Å². The van der Waals surface area contributed by atoms with Gasteiger partial charge in [-0.3, -0.25) is 4.79 Å². The van der Waals surface area contributed by atoms with Gasteiger partial charge in [0.2, 0.25) is 5.88 Å². The average Bonchev–Trinajstić information content (AvgIpc) is 3.13. The maximum Gasteiger partial charge on any atom is 0.291 e. The summed E-state index contributed by atoms with van der Waals surface area (Å²) in [5, 5.41) is 3.61. The van der Waals surface area contributed by atoms with Gasteiger partial charge >= 0.3 is 0 Å². The van der Waals surface area contributed by atoms with E-state index in [0.717, 1.165) is 9.86 Å². The molecule has 0 unspecified atom stereocenters. The van der Waals surface area contributed by atoms with Crippen LogP contribution < -0.4 is 14.8 Å². The van der Waals surface area contributed by atoms with E-state index in [2.05, 4.69) is 26.2 Å². The van der Waals surface area contributed by atoms with Crippen LogP contribution in [0, 0.1) is 0 Å². The van der Waals surface area contributed by atoms with Crippen molar-refractivity contribution in [3.8, 4) is 17.4 Å². The van der Waals surface area contributed by atoms with Gasteiger partial charge in [-0.1, -0.05) is 22.0 Å². The number of hydrogen-bond acceptors (Lipinski definition) is 5. The van der Waals surface area contributed by atoms with E-state index in [4.69, 9.17) is 13.9 Å². The first-order valence-electron chi connectivity index (χ1n) is 8.39. The van der Waals surface area contributed by atoms with Crippen LogP contribution in [0.15, 0.2) is 75.8 Å². The van der Waals surface area contributed by atoms with Crippen LogP contribution >= 0.6 is 15.9 Å². The van der Waals surface area contributed by atoms with E-state index < -0.39 is 0 Å². The Balaban J connectivity index is 1.45. The monoisotopic (exact) mass is 438 g/mol. The molecule has 0 aliphatic carbocycles. The number of carbonyl (C=O) groups excluding carboxylic acids is 1.